The average molecular weight is 119 g/mol. The summed E-state index contributed by atoms with van der Waals surface area (Å²) < 4.78 is 0. The van der Waals surface area contributed by atoms with Gasteiger partial charge in [-0.3, -0.25) is 0 Å². The minimum atomic E-state index is 0. The second kappa shape index (κ2) is 3.97. The van der Waals surface area contributed by atoms with Crippen LogP contribution in [0.15, 0.2) is 18.5 Å². The number of pyridine rings is 1. The van der Waals surface area contributed by atoms with Crippen LogP contribution >= 0.6 is 11.6 Å². The van der Waals surface area contributed by atoms with Crippen molar-refractivity contribution in [1.29, 1.82) is 0 Å². The molecule has 0 aliphatic carbocycles. The Kier molecular flexibility index (Phi) is 3.99. The van der Waals surface area contributed by atoms with Gasteiger partial charge in [0.15, 0.2) is 0 Å². The second-order valence-corrected chi connectivity index (χ2v) is 1.49. The molecule has 0 aliphatic rings. The molecular formula is C5H3ClLiN. The molecule has 0 aliphatic heterocycles. The van der Waals surface area contributed by atoms with E-state index in [0.29, 0.717) is 5.02 Å². The average Bonchev–Trinajstić information content (AvgIpc) is 1.69. The third kappa shape index (κ3) is 2.37. The molecule has 8 heavy (non-hydrogen) atoms. The van der Waals surface area contributed by atoms with Crippen LogP contribution < -0.4 is 18.9 Å². The third-order valence-electron chi connectivity index (χ3n) is 0.570. The molecule has 0 atom stereocenters. The Labute approximate surface area is 65.3 Å². The third-order valence-corrected chi connectivity index (χ3v) is 0.776. The number of aromatic nitrogens is 1. The van der Waals surface area contributed by atoms with E-state index in [1.807, 2.05) is 0 Å². The Balaban J connectivity index is 0.000000490. The molecule has 0 spiro atoms. The molecule has 0 unspecified atom stereocenters. The van der Waals surface area contributed by atoms with Crippen LogP contribution in [0.4, 0.5) is 0 Å². The molecule has 1 rings (SSSR count). The van der Waals surface area contributed by atoms with E-state index in [0.717, 1.165) is 0 Å². The van der Waals surface area contributed by atoms with Crippen molar-refractivity contribution < 1.29 is 18.9 Å². The quantitative estimate of drug-likeness (QED) is 0.301. The van der Waals surface area contributed by atoms with Gasteiger partial charge in [0.25, 0.3) is 0 Å². The van der Waals surface area contributed by atoms with E-state index in [9.17, 15) is 0 Å². The summed E-state index contributed by atoms with van der Waals surface area (Å²) in [6, 6.07) is 4.40. The van der Waals surface area contributed by atoms with Gasteiger partial charge in [0.2, 0.25) is 0 Å². The van der Waals surface area contributed by atoms with Gasteiger partial charge >= 0.3 is 18.9 Å². The van der Waals surface area contributed by atoms with Gasteiger partial charge in [-0.2, -0.15) is 12.1 Å². The molecule has 1 nitrogen and oxygen atoms in total. The predicted molar refractivity (Wildman–Crippen MR) is 28.1 cm³/mol. The molecule has 0 saturated heterocycles. The molecule has 36 valence electrons. The Morgan fingerprint density at radius 2 is 2.38 bits per heavy atom. The van der Waals surface area contributed by atoms with Crippen LogP contribution in [0, 0.1) is 6.07 Å². The molecule has 0 N–H and O–H groups in total. The van der Waals surface area contributed by atoms with Crippen molar-refractivity contribution in [3.63, 3.8) is 0 Å². The summed E-state index contributed by atoms with van der Waals surface area (Å²) >= 11 is 5.42. The Bertz CT molecular complexity index is 142. The Morgan fingerprint density at radius 1 is 1.62 bits per heavy atom. The van der Waals surface area contributed by atoms with Crippen LogP contribution in [0.3, 0.4) is 0 Å². The number of halogens is 1. The van der Waals surface area contributed by atoms with Crippen LogP contribution in [-0.2, 0) is 0 Å². The molecular weight excluding hydrogens is 116 g/mol. The summed E-state index contributed by atoms with van der Waals surface area (Å²) in [6.07, 6.45) is 3.17. The summed E-state index contributed by atoms with van der Waals surface area (Å²) in [5, 5.41) is 0.558. The van der Waals surface area contributed by atoms with E-state index in [1.165, 1.54) is 0 Å². The maximum atomic E-state index is 5.42. The van der Waals surface area contributed by atoms with Gasteiger partial charge in [-0.15, -0.1) is 11.6 Å². The maximum Gasteiger partial charge on any atom is 1.00 e. The summed E-state index contributed by atoms with van der Waals surface area (Å²) in [5.41, 5.74) is 0. The first-order chi connectivity index (χ1) is 3.39. The smallest absolute Gasteiger partial charge is 0.390 e. The van der Waals surface area contributed by atoms with E-state index in [-0.39, 0.29) is 18.9 Å². The monoisotopic (exact) mass is 119 g/mol. The molecule has 0 saturated carbocycles. The minimum absolute atomic E-state index is 0. The van der Waals surface area contributed by atoms with E-state index in [4.69, 9.17) is 11.6 Å². The van der Waals surface area contributed by atoms with Gasteiger partial charge in [-0.25, -0.2) is 0 Å². The van der Waals surface area contributed by atoms with Crippen molar-refractivity contribution >= 4 is 11.6 Å². The van der Waals surface area contributed by atoms with Crippen LogP contribution in [0.25, 0.3) is 0 Å². The second-order valence-electron chi connectivity index (χ2n) is 1.09. The summed E-state index contributed by atoms with van der Waals surface area (Å²) in [6.45, 7) is 0. The first-order valence-corrected chi connectivity index (χ1v) is 2.24. The summed E-state index contributed by atoms with van der Waals surface area (Å²) in [5.74, 6) is 0. The van der Waals surface area contributed by atoms with Crippen molar-refractivity contribution in [2.45, 2.75) is 0 Å². The number of hydrogen-bond donors (Lipinski definition) is 0. The van der Waals surface area contributed by atoms with E-state index in [2.05, 4.69) is 11.1 Å². The molecule has 0 amide bonds. The summed E-state index contributed by atoms with van der Waals surface area (Å²) in [4.78, 5) is 3.72. The van der Waals surface area contributed by atoms with Gasteiger partial charge in [-0.1, -0.05) is 17.4 Å². The first kappa shape index (κ1) is 8.04. The Hall–Kier alpha value is 0.0374. The van der Waals surface area contributed by atoms with Crippen LogP contribution in [0.5, 0.6) is 0 Å². The molecule has 1 aromatic rings. The zero-order chi connectivity index (χ0) is 5.11. The zero-order valence-electron chi connectivity index (χ0n) is 4.56. The normalized spacial score (nSPS) is 7.62. The van der Waals surface area contributed by atoms with Gasteiger partial charge < -0.3 is 4.98 Å². The SMILES string of the molecule is Clc1[c-]ccnc1.[Li+]. The van der Waals surface area contributed by atoms with Crippen LogP contribution in [0.1, 0.15) is 0 Å². The first-order valence-electron chi connectivity index (χ1n) is 1.87. The molecule has 0 bridgehead atoms. The van der Waals surface area contributed by atoms with Crippen molar-refractivity contribution in [2.24, 2.45) is 0 Å². The standard InChI is InChI=1S/C5H3ClN.Li/c6-5-2-1-3-7-4-5;/h1,3-4H;/q-1;+1. The van der Waals surface area contributed by atoms with Crippen LogP contribution in [0.2, 0.25) is 5.02 Å². The fourth-order valence-corrected chi connectivity index (χ4v) is 0.425. The molecule has 0 aromatic carbocycles. The Morgan fingerprint density at radius 3 is 2.62 bits per heavy atom. The fraction of sp³-hybridized carbons (Fsp3) is 0. The predicted octanol–water partition coefficient (Wildman–Crippen LogP) is -1.46. The van der Waals surface area contributed by atoms with Gasteiger partial charge in [0.1, 0.15) is 0 Å². The number of nitrogens with zero attached hydrogens (tertiary/aromatic N) is 1. The molecule has 3 heteroatoms. The topological polar surface area (TPSA) is 12.9 Å². The van der Waals surface area contributed by atoms with E-state index in [1.54, 1.807) is 18.5 Å². The minimum Gasteiger partial charge on any atom is -0.390 e. The van der Waals surface area contributed by atoms with Crippen molar-refractivity contribution in [2.75, 3.05) is 0 Å². The number of hydrogen-bond acceptors (Lipinski definition) is 1. The largest absolute Gasteiger partial charge is 1.00 e. The van der Waals surface area contributed by atoms with Gasteiger partial charge in [0, 0.05) is 0 Å². The van der Waals surface area contributed by atoms with Crippen molar-refractivity contribution in [3.05, 3.63) is 29.5 Å². The summed E-state index contributed by atoms with van der Waals surface area (Å²) in [7, 11) is 0. The van der Waals surface area contributed by atoms with E-state index >= 15 is 0 Å². The van der Waals surface area contributed by atoms with E-state index < -0.39 is 0 Å². The van der Waals surface area contributed by atoms with Crippen LogP contribution in [-0.4, -0.2) is 4.98 Å². The van der Waals surface area contributed by atoms with Crippen molar-refractivity contribution in [3.8, 4) is 0 Å². The number of rotatable bonds is 0. The zero-order valence-corrected chi connectivity index (χ0v) is 5.31. The maximum absolute atomic E-state index is 5.42. The molecule has 0 fully saturated rings. The molecule has 0 radical (unpaired) electrons. The molecule has 1 heterocycles. The van der Waals surface area contributed by atoms with Crippen molar-refractivity contribution in [1.82, 2.24) is 4.98 Å². The molecule has 1 aromatic heterocycles. The van der Waals surface area contributed by atoms with Gasteiger partial charge in [0.05, 0.1) is 0 Å². The van der Waals surface area contributed by atoms with Gasteiger partial charge in [-0.05, 0) is 0 Å². The fourth-order valence-electron chi connectivity index (χ4n) is 0.306.